The van der Waals surface area contributed by atoms with Gasteiger partial charge in [0.15, 0.2) is 0 Å². The Morgan fingerprint density at radius 3 is 2.62 bits per heavy atom. The van der Waals surface area contributed by atoms with Gasteiger partial charge in [-0.3, -0.25) is 4.90 Å². The Bertz CT molecular complexity index is 459. The summed E-state index contributed by atoms with van der Waals surface area (Å²) in [5.74, 6) is 0.455. The lowest BCUT2D eigenvalue weighted by Gasteiger charge is -2.37. The molecule has 0 amide bonds. The zero-order chi connectivity index (χ0) is 15.5. The van der Waals surface area contributed by atoms with Crippen molar-refractivity contribution in [3.63, 3.8) is 0 Å². The van der Waals surface area contributed by atoms with Crippen LogP contribution in [0.3, 0.4) is 0 Å². The molecule has 0 aliphatic carbocycles. The van der Waals surface area contributed by atoms with Gasteiger partial charge in [-0.2, -0.15) is 13.2 Å². The van der Waals surface area contributed by atoms with Crippen LogP contribution in [-0.4, -0.2) is 30.6 Å². The summed E-state index contributed by atoms with van der Waals surface area (Å²) in [5.41, 5.74) is -0.134. The van der Waals surface area contributed by atoms with E-state index in [4.69, 9.17) is 0 Å². The van der Waals surface area contributed by atoms with Gasteiger partial charge in [-0.15, -0.1) is 0 Å². The van der Waals surface area contributed by atoms with Crippen LogP contribution in [0.5, 0.6) is 0 Å². The van der Waals surface area contributed by atoms with E-state index < -0.39 is 11.7 Å². The van der Waals surface area contributed by atoms with Crippen molar-refractivity contribution in [3.05, 3.63) is 35.4 Å². The standard InChI is InChI=1S/C16H23F3N2/c1-3-20-15-8-9-21(10-12(15)2)11-13-6-4-5-7-14(13)16(17,18)19/h4-7,12,15,20H,3,8-11H2,1-2H3. The number of benzene rings is 1. The van der Waals surface area contributed by atoms with Gasteiger partial charge in [0, 0.05) is 19.1 Å². The van der Waals surface area contributed by atoms with E-state index >= 15 is 0 Å². The fourth-order valence-corrected chi connectivity index (χ4v) is 3.12. The Kier molecular flexibility index (Phi) is 5.27. The summed E-state index contributed by atoms with van der Waals surface area (Å²) in [7, 11) is 0. The first kappa shape index (κ1) is 16.3. The second-order valence-electron chi connectivity index (χ2n) is 5.82. The van der Waals surface area contributed by atoms with Gasteiger partial charge in [-0.25, -0.2) is 0 Å². The predicted molar refractivity (Wildman–Crippen MR) is 78.0 cm³/mol. The number of hydrogen-bond donors (Lipinski definition) is 1. The normalized spacial score (nSPS) is 24.2. The monoisotopic (exact) mass is 300 g/mol. The minimum absolute atomic E-state index is 0.374. The Labute approximate surface area is 124 Å². The van der Waals surface area contributed by atoms with Gasteiger partial charge >= 0.3 is 6.18 Å². The summed E-state index contributed by atoms with van der Waals surface area (Å²) in [4.78, 5) is 2.13. The van der Waals surface area contributed by atoms with Crippen LogP contribution < -0.4 is 5.32 Å². The van der Waals surface area contributed by atoms with Crippen LogP contribution in [0.1, 0.15) is 31.4 Å². The molecule has 1 aromatic rings. The summed E-state index contributed by atoms with van der Waals surface area (Å²) in [6, 6.07) is 6.36. The molecule has 21 heavy (non-hydrogen) atoms. The van der Waals surface area contributed by atoms with Crippen molar-refractivity contribution in [1.29, 1.82) is 0 Å². The second kappa shape index (κ2) is 6.79. The smallest absolute Gasteiger partial charge is 0.314 e. The highest BCUT2D eigenvalue weighted by molar-refractivity contribution is 5.29. The minimum Gasteiger partial charge on any atom is -0.314 e. The number of likely N-dealkylation sites (tertiary alicyclic amines) is 1. The van der Waals surface area contributed by atoms with Gasteiger partial charge in [0.1, 0.15) is 0 Å². The third-order valence-corrected chi connectivity index (χ3v) is 4.17. The van der Waals surface area contributed by atoms with Crippen LogP contribution in [0.25, 0.3) is 0 Å². The molecule has 1 fully saturated rings. The lowest BCUT2D eigenvalue weighted by molar-refractivity contribution is -0.138. The number of nitrogens with zero attached hydrogens (tertiary/aromatic N) is 1. The highest BCUT2D eigenvalue weighted by Crippen LogP contribution is 2.32. The highest BCUT2D eigenvalue weighted by atomic mass is 19.4. The number of piperidine rings is 1. The third kappa shape index (κ3) is 4.20. The van der Waals surface area contributed by atoms with Crippen molar-refractivity contribution in [2.75, 3.05) is 19.6 Å². The van der Waals surface area contributed by atoms with E-state index in [0.717, 1.165) is 26.1 Å². The SMILES string of the molecule is CCNC1CCN(Cc2ccccc2C(F)(F)F)CC1C. The van der Waals surface area contributed by atoms with Crippen LogP contribution in [0, 0.1) is 5.92 Å². The molecule has 2 rings (SSSR count). The summed E-state index contributed by atoms with van der Waals surface area (Å²) in [6.07, 6.45) is -3.28. The highest BCUT2D eigenvalue weighted by Gasteiger charge is 2.34. The second-order valence-corrected chi connectivity index (χ2v) is 5.82. The molecule has 0 aromatic heterocycles. The summed E-state index contributed by atoms with van der Waals surface area (Å²) >= 11 is 0. The number of hydrogen-bond acceptors (Lipinski definition) is 2. The molecule has 0 spiro atoms. The molecule has 2 unspecified atom stereocenters. The number of halogens is 3. The van der Waals surface area contributed by atoms with Crippen molar-refractivity contribution in [2.45, 2.75) is 39.0 Å². The van der Waals surface area contributed by atoms with E-state index in [1.807, 2.05) is 0 Å². The molecular formula is C16H23F3N2. The first-order chi connectivity index (χ1) is 9.91. The molecule has 1 heterocycles. The number of nitrogens with one attached hydrogen (secondary N) is 1. The summed E-state index contributed by atoms with van der Waals surface area (Å²) in [6.45, 7) is 7.23. The zero-order valence-electron chi connectivity index (χ0n) is 12.6. The average Bonchev–Trinajstić information content (AvgIpc) is 2.41. The zero-order valence-corrected chi connectivity index (χ0v) is 12.6. The third-order valence-electron chi connectivity index (χ3n) is 4.17. The molecule has 5 heteroatoms. The lowest BCUT2D eigenvalue weighted by Crippen LogP contribution is -2.48. The van der Waals surface area contributed by atoms with Gasteiger partial charge in [0.2, 0.25) is 0 Å². The van der Waals surface area contributed by atoms with Crippen molar-refractivity contribution >= 4 is 0 Å². The average molecular weight is 300 g/mol. The molecule has 118 valence electrons. The molecular weight excluding hydrogens is 277 g/mol. The maximum atomic E-state index is 13.0. The quantitative estimate of drug-likeness (QED) is 0.915. The maximum absolute atomic E-state index is 13.0. The Morgan fingerprint density at radius 2 is 2.00 bits per heavy atom. The summed E-state index contributed by atoms with van der Waals surface area (Å²) in [5, 5.41) is 3.45. The van der Waals surface area contributed by atoms with Crippen LogP contribution >= 0.6 is 0 Å². The number of alkyl halides is 3. The van der Waals surface area contributed by atoms with Crippen LogP contribution in [-0.2, 0) is 12.7 Å². The molecule has 0 saturated carbocycles. The maximum Gasteiger partial charge on any atom is 0.416 e. The Morgan fingerprint density at radius 1 is 1.29 bits per heavy atom. The fraction of sp³-hybridized carbons (Fsp3) is 0.625. The van der Waals surface area contributed by atoms with E-state index in [1.54, 1.807) is 12.1 Å². The van der Waals surface area contributed by atoms with E-state index in [0.29, 0.717) is 24.1 Å². The van der Waals surface area contributed by atoms with Crippen molar-refractivity contribution in [1.82, 2.24) is 10.2 Å². The van der Waals surface area contributed by atoms with Crippen LogP contribution in [0.2, 0.25) is 0 Å². The van der Waals surface area contributed by atoms with Crippen molar-refractivity contribution < 1.29 is 13.2 Å². The van der Waals surface area contributed by atoms with Crippen LogP contribution in [0.15, 0.2) is 24.3 Å². The predicted octanol–water partition coefficient (Wildman–Crippen LogP) is 3.53. The Hall–Kier alpha value is -1.07. The van der Waals surface area contributed by atoms with E-state index in [1.165, 1.54) is 12.1 Å². The lowest BCUT2D eigenvalue weighted by atomic mass is 9.93. The Balaban J connectivity index is 2.04. The molecule has 1 aliphatic heterocycles. The van der Waals surface area contributed by atoms with Crippen LogP contribution in [0.4, 0.5) is 13.2 Å². The van der Waals surface area contributed by atoms with E-state index in [2.05, 4.69) is 24.1 Å². The molecule has 1 aromatic carbocycles. The summed E-state index contributed by atoms with van der Waals surface area (Å²) < 4.78 is 39.0. The van der Waals surface area contributed by atoms with Gasteiger partial charge in [0.05, 0.1) is 5.56 Å². The number of rotatable bonds is 4. The van der Waals surface area contributed by atoms with Crippen molar-refractivity contribution in [2.24, 2.45) is 5.92 Å². The van der Waals surface area contributed by atoms with E-state index in [-0.39, 0.29) is 0 Å². The largest absolute Gasteiger partial charge is 0.416 e. The van der Waals surface area contributed by atoms with Gasteiger partial charge < -0.3 is 5.32 Å². The molecule has 0 radical (unpaired) electrons. The first-order valence-electron chi connectivity index (χ1n) is 7.52. The van der Waals surface area contributed by atoms with Gasteiger partial charge in [-0.1, -0.05) is 32.0 Å². The molecule has 2 nitrogen and oxygen atoms in total. The minimum atomic E-state index is -4.27. The van der Waals surface area contributed by atoms with Gasteiger partial charge in [-0.05, 0) is 37.1 Å². The molecule has 1 saturated heterocycles. The van der Waals surface area contributed by atoms with E-state index in [9.17, 15) is 13.2 Å². The molecule has 1 N–H and O–H groups in total. The topological polar surface area (TPSA) is 15.3 Å². The molecule has 2 atom stereocenters. The van der Waals surface area contributed by atoms with Crippen molar-refractivity contribution in [3.8, 4) is 0 Å². The fourth-order valence-electron chi connectivity index (χ4n) is 3.12. The molecule has 0 bridgehead atoms. The first-order valence-corrected chi connectivity index (χ1v) is 7.52. The molecule has 1 aliphatic rings. The van der Waals surface area contributed by atoms with Gasteiger partial charge in [0.25, 0.3) is 0 Å².